The van der Waals surface area contributed by atoms with Crippen molar-refractivity contribution in [1.82, 2.24) is 0 Å². The molecular weight excluding hydrogens is 292 g/mol. The van der Waals surface area contributed by atoms with Crippen LogP contribution in [-0.2, 0) is 0 Å². The number of aliphatic hydroxyl groups is 1. The van der Waals surface area contributed by atoms with Gasteiger partial charge in [0.25, 0.3) is 0 Å². The van der Waals surface area contributed by atoms with Crippen LogP contribution < -0.4 is 4.74 Å². The summed E-state index contributed by atoms with van der Waals surface area (Å²) >= 11 is 3.43. The van der Waals surface area contributed by atoms with Crippen molar-refractivity contribution < 1.29 is 9.84 Å². The Labute approximate surface area is 118 Å². The summed E-state index contributed by atoms with van der Waals surface area (Å²) in [6.07, 6.45) is 5.64. The summed E-state index contributed by atoms with van der Waals surface area (Å²) in [5.74, 6) is 0.787. The number of ether oxygens (including phenoxy) is 1. The van der Waals surface area contributed by atoms with E-state index in [2.05, 4.69) is 22.9 Å². The second-order valence-electron chi connectivity index (χ2n) is 4.62. The van der Waals surface area contributed by atoms with Gasteiger partial charge in [-0.1, -0.05) is 54.6 Å². The standard InChI is InChI=1S/C15H23BrO2/c1-3-4-5-6-7-10-18-15-11-13(16)8-9-14(15)12(2)17/h8-9,11-12,17H,3-7,10H2,1-2H3/t12-/m1/s1. The predicted octanol–water partition coefficient (Wildman–Crippen LogP) is 4.85. The van der Waals surface area contributed by atoms with E-state index in [1.165, 1.54) is 25.7 Å². The second kappa shape index (κ2) is 8.54. The average molecular weight is 315 g/mol. The van der Waals surface area contributed by atoms with Gasteiger partial charge in [-0.15, -0.1) is 0 Å². The Balaban J connectivity index is 2.43. The molecule has 1 aromatic rings. The summed E-state index contributed by atoms with van der Waals surface area (Å²) in [7, 11) is 0. The molecule has 0 spiro atoms. The summed E-state index contributed by atoms with van der Waals surface area (Å²) < 4.78 is 6.75. The maximum Gasteiger partial charge on any atom is 0.126 e. The molecule has 0 amide bonds. The SMILES string of the molecule is CCCCCCCOc1cc(Br)ccc1[C@@H](C)O. The van der Waals surface area contributed by atoms with E-state index in [0.717, 1.165) is 28.8 Å². The number of aliphatic hydroxyl groups excluding tert-OH is 1. The van der Waals surface area contributed by atoms with E-state index in [1.54, 1.807) is 6.92 Å². The Morgan fingerprint density at radius 3 is 2.61 bits per heavy atom. The van der Waals surface area contributed by atoms with Gasteiger partial charge >= 0.3 is 0 Å². The molecule has 0 radical (unpaired) electrons. The number of benzene rings is 1. The van der Waals surface area contributed by atoms with Crippen LogP contribution in [0.5, 0.6) is 5.75 Å². The first-order valence-electron chi connectivity index (χ1n) is 6.75. The minimum atomic E-state index is -0.492. The smallest absolute Gasteiger partial charge is 0.126 e. The Hall–Kier alpha value is -0.540. The van der Waals surface area contributed by atoms with E-state index in [0.29, 0.717) is 0 Å². The molecule has 0 aliphatic carbocycles. The van der Waals surface area contributed by atoms with Gasteiger partial charge < -0.3 is 9.84 Å². The maximum absolute atomic E-state index is 9.67. The van der Waals surface area contributed by atoms with Gasteiger partial charge in [0.2, 0.25) is 0 Å². The molecule has 0 aromatic heterocycles. The summed E-state index contributed by atoms with van der Waals surface area (Å²) in [5, 5.41) is 9.67. The molecule has 0 aliphatic rings. The van der Waals surface area contributed by atoms with Gasteiger partial charge in [-0.3, -0.25) is 0 Å². The van der Waals surface area contributed by atoms with Crippen LogP contribution >= 0.6 is 15.9 Å². The van der Waals surface area contributed by atoms with Crippen LogP contribution in [0.1, 0.15) is 57.6 Å². The molecule has 0 aliphatic heterocycles. The lowest BCUT2D eigenvalue weighted by molar-refractivity contribution is 0.190. The second-order valence-corrected chi connectivity index (χ2v) is 5.54. The van der Waals surface area contributed by atoms with Crippen LogP contribution in [-0.4, -0.2) is 11.7 Å². The van der Waals surface area contributed by atoms with E-state index < -0.39 is 6.10 Å². The van der Waals surface area contributed by atoms with E-state index in [4.69, 9.17) is 4.74 Å². The predicted molar refractivity (Wildman–Crippen MR) is 79.0 cm³/mol. The highest BCUT2D eigenvalue weighted by Gasteiger charge is 2.09. The van der Waals surface area contributed by atoms with Crippen LogP contribution in [0, 0.1) is 0 Å². The van der Waals surface area contributed by atoms with Crippen LogP contribution in [0.25, 0.3) is 0 Å². The van der Waals surface area contributed by atoms with Gasteiger partial charge in [-0.25, -0.2) is 0 Å². The van der Waals surface area contributed by atoms with Crippen molar-refractivity contribution in [2.24, 2.45) is 0 Å². The molecule has 0 bridgehead atoms. The van der Waals surface area contributed by atoms with Crippen LogP contribution in [0.3, 0.4) is 0 Å². The fourth-order valence-corrected chi connectivity index (χ4v) is 2.21. The third-order valence-corrected chi connectivity index (χ3v) is 3.42. The third kappa shape index (κ3) is 5.40. The molecule has 102 valence electrons. The summed E-state index contributed by atoms with van der Waals surface area (Å²) in [6.45, 7) is 4.70. The number of hydrogen-bond donors (Lipinski definition) is 1. The van der Waals surface area contributed by atoms with Gasteiger partial charge in [0.05, 0.1) is 12.7 Å². The fourth-order valence-electron chi connectivity index (χ4n) is 1.87. The molecule has 1 atom stereocenters. The Morgan fingerprint density at radius 2 is 1.94 bits per heavy atom. The molecule has 0 fully saturated rings. The molecule has 0 unspecified atom stereocenters. The molecule has 2 nitrogen and oxygen atoms in total. The molecule has 1 N–H and O–H groups in total. The average Bonchev–Trinajstić information content (AvgIpc) is 2.33. The highest BCUT2D eigenvalue weighted by Crippen LogP contribution is 2.28. The summed E-state index contributed by atoms with van der Waals surface area (Å²) in [5.41, 5.74) is 0.853. The van der Waals surface area contributed by atoms with Crippen molar-refractivity contribution in [2.45, 2.75) is 52.1 Å². The minimum absolute atomic E-state index is 0.492. The number of unbranched alkanes of at least 4 members (excludes halogenated alkanes) is 4. The van der Waals surface area contributed by atoms with E-state index in [9.17, 15) is 5.11 Å². The summed E-state index contributed by atoms with van der Waals surface area (Å²) in [4.78, 5) is 0. The van der Waals surface area contributed by atoms with Crippen molar-refractivity contribution >= 4 is 15.9 Å². The lowest BCUT2D eigenvalue weighted by Gasteiger charge is -2.13. The van der Waals surface area contributed by atoms with Crippen molar-refractivity contribution in [1.29, 1.82) is 0 Å². The first-order valence-corrected chi connectivity index (χ1v) is 7.54. The zero-order valence-electron chi connectivity index (χ0n) is 11.3. The molecule has 0 saturated heterocycles. The van der Waals surface area contributed by atoms with Crippen molar-refractivity contribution in [3.63, 3.8) is 0 Å². The lowest BCUT2D eigenvalue weighted by atomic mass is 10.1. The Bertz CT molecular complexity index is 350. The van der Waals surface area contributed by atoms with Crippen molar-refractivity contribution in [3.8, 4) is 5.75 Å². The van der Waals surface area contributed by atoms with Gasteiger partial charge in [0.15, 0.2) is 0 Å². The first kappa shape index (κ1) is 15.5. The normalized spacial score (nSPS) is 12.4. The lowest BCUT2D eigenvalue weighted by Crippen LogP contribution is -2.02. The number of rotatable bonds is 8. The molecule has 1 rings (SSSR count). The van der Waals surface area contributed by atoms with Gasteiger partial charge in [0.1, 0.15) is 5.75 Å². The minimum Gasteiger partial charge on any atom is -0.493 e. The molecule has 18 heavy (non-hydrogen) atoms. The van der Waals surface area contributed by atoms with Crippen molar-refractivity contribution in [2.75, 3.05) is 6.61 Å². The van der Waals surface area contributed by atoms with Crippen LogP contribution in [0.15, 0.2) is 22.7 Å². The highest BCUT2D eigenvalue weighted by atomic mass is 79.9. The Morgan fingerprint density at radius 1 is 1.22 bits per heavy atom. The fraction of sp³-hybridized carbons (Fsp3) is 0.600. The molecule has 1 aromatic carbocycles. The quantitative estimate of drug-likeness (QED) is 0.695. The maximum atomic E-state index is 9.67. The van der Waals surface area contributed by atoms with E-state index >= 15 is 0 Å². The number of hydrogen-bond acceptors (Lipinski definition) is 2. The van der Waals surface area contributed by atoms with Gasteiger partial charge in [-0.05, 0) is 25.5 Å². The summed E-state index contributed by atoms with van der Waals surface area (Å²) in [6, 6.07) is 5.76. The van der Waals surface area contributed by atoms with Gasteiger partial charge in [-0.2, -0.15) is 0 Å². The molecule has 0 heterocycles. The van der Waals surface area contributed by atoms with Crippen LogP contribution in [0.4, 0.5) is 0 Å². The largest absolute Gasteiger partial charge is 0.493 e. The number of halogens is 1. The van der Waals surface area contributed by atoms with Crippen molar-refractivity contribution in [3.05, 3.63) is 28.2 Å². The van der Waals surface area contributed by atoms with Crippen LogP contribution in [0.2, 0.25) is 0 Å². The first-order chi connectivity index (χ1) is 8.65. The van der Waals surface area contributed by atoms with Gasteiger partial charge in [0, 0.05) is 10.0 Å². The monoisotopic (exact) mass is 314 g/mol. The zero-order chi connectivity index (χ0) is 13.4. The zero-order valence-corrected chi connectivity index (χ0v) is 12.9. The Kier molecular flexibility index (Phi) is 7.36. The highest BCUT2D eigenvalue weighted by molar-refractivity contribution is 9.10. The third-order valence-electron chi connectivity index (χ3n) is 2.93. The molecular formula is C15H23BrO2. The van der Waals surface area contributed by atoms with E-state index in [-0.39, 0.29) is 0 Å². The topological polar surface area (TPSA) is 29.5 Å². The molecule has 0 saturated carbocycles. The van der Waals surface area contributed by atoms with E-state index in [1.807, 2.05) is 18.2 Å². The molecule has 3 heteroatoms.